The van der Waals surface area contributed by atoms with Gasteiger partial charge in [-0.1, -0.05) is 0 Å². The van der Waals surface area contributed by atoms with Crippen LogP contribution in [0.2, 0.25) is 0 Å². The maximum Gasteiger partial charge on any atom is 0.293 e. The average molecular weight is 392 g/mol. The summed E-state index contributed by atoms with van der Waals surface area (Å²) >= 11 is 5.49. The molecule has 3 heterocycles. The van der Waals surface area contributed by atoms with Crippen molar-refractivity contribution in [3.8, 4) is 19.5 Å². The molecule has 0 spiro atoms. The summed E-state index contributed by atoms with van der Waals surface area (Å²) in [5.74, 6) is 0. The van der Waals surface area contributed by atoms with Gasteiger partial charge >= 0.3 is 0 Å². The molecule has 25 heavy (non-hydrogen) atoms. The van der Waals surface area contributed by atoms with E-state index in [2.05, 4.69) is 38.1 Å². The van der Waals surface area contributed by atoms with E-state index >= 15 is 0 Å². The van der Waals surface area contributed by atoms with Crippen LogP contribution in [0, 0.1) is 13.8 Å². The third kappa shape index (κ3) is 4.20. The Morgan fingerprint density at radius 2 is 1.76 bits per heavy atom. The lowest BCUT2D eigenvalue weighted by Gasteiger charge is -1.98. The van der Waals surface area contributed by atoms with Crippen molar-refractivity contribution in [3.05, 3.63) is 45.1 Å². The van der Waals surface area contributed by atoms with E-state index in [1.165, 1.54) is 40.4 Å². The Bertz CT molecular complexity index is 860. The number of carbonyl (C=O) groups excluding carboxylic acids is 1. The Hall–Kier alpha value is -1.47. The Morgan fingerprint density at radius 1 is 1.00 bits per heavy atom. The van der Waals surface area contributed by atoms with Crippen molar-refractivity contribution in [1.82, 2.24) is 0 Å². The van der Waals surface area contributed by atoms with Gasteiger partial charge < -0.3 is 10.5 Å². The van der Waals surface area contributed by atoms with Crippen molar-refractivity contribution in [2.75, 3.05) is 13.2 Å². The van der Waals surface area contributed by atoms with Crippen molar-refractivity contribution in [3.63, 3.8) is 0 Å². The largest absolute Gasteiger partial charge is 0.468 e. The van der Waals surface area contributed by atoms with Crippen LogP contribution in [0.25, 0.3) is 19.5 Å². The minimum atomic E-state index is 0.434. The summed E-state index contributed by atoms with van der Waals surface area (Å²) in [7, 11) is 0. The number of nitrogens with two attached hydrogens (primary N) is 1. The maximum absolute atomic E-state index is 10.3. The lowest BCUT2D eigenvalue weighted by Crippen LogP contribution is -2.02. The molecular formula is C19H21NO2S3. The van der Waals surface area contributed by atoms with Crippen LogP contribution in [0.1, 0.15) is 20.9 Å². The van der Waals surface area contributed by atoms with Crippen molar-refractivity contribution in [2.45, 2.75) is 26.7 Å². The number of rotatable bonds is 8. The first-order chi connectivity index (χ1) is 12.1. The highest BCUT2D eigenvalue weighted by molar-refractivity contribution is 7.26. The van der Waals surface area contributed by atoms with Crippen LogP contribution in [0.4, 0.5) is 0 Å². The molecule has 3 aromatic rings. The minimum absolute atomic E-state index is 0.434. The monoisotopic (exact) mass is 391 g/mol. The Kier molecular flexibility index (Phi) is 6.06. The predicted molar refractivity (Wildman–Crippen MR) is 109 cm³/mol. The van der Waals surface area contributed by atoms with E-state index < -0.39 is 0 Å². The van der Waals surface area contributed by atoms with Gasteiger partial charge in [-0.25, -0.2) is 0 Å². The van der Waals surface area contributed by atoms with Crippen molar-refractivity contribution in [2.24, 2.45) is 5.73 Å². The van der Waals surface area contributed by atoms with Gasteiger partial charge in [0.1, 0.15) is 0 Å². The SMILES string of the molecule is Cc1ccc(-c2sc(-c3cc(CCOC=O)c(C)s3)cc2CCN)s1. The molecule has 0 aromatic carbocycles. The van der Waals surface area contributed by atoms with Gasteiger partial charge in [-0.3, -0.25) is 4.79 Å². The lowest BCUT2D eigenvalue weighted by molar-refractivity contribution is -0.128. The van der Waals surface area contributed by atoms with Crippen LogP contribution in [0.3, 0.4) is 0 Å². The molecule has 3 rings (SSSR count). The van der Waals surface area contributed by atoms with Crippen LogP contribution in [0.5, 0.6) is 0 Å². The van der Waals surface area contributed by atoms with E-state index in [9.17, 15) is 4.79 Å². The molecule has 3 aromatic heterocycles. The van der Waals surface area contributed by atoms with Crippen LogP contribution in [0.15, 0.2) is 24.3 Å². The molecule has 0 amide bonds. The number of ether oxygens (including phenoxy) is 1. The van der Waals surface area contributed by atoms with E-state index in [-0.39, 0.29) is 0 Å². The lowest BCUT2D eigenvalue weighted by atomic mass is 10.1. The van der Waals surface area contributed by atoms with E-state index in [0.717, 1.165) is 12.8 Å². The van der Waals surface area contributed by atoms with Crippen molar-refractivity contribution >= 4 is 40.5 Å². The van der Waals surface area contributed by atoms with E-state index in [0.29, 0.717) is 19.6 Å². The minimum Gasteiger partial charge on any atom is -0.468 e. The molecule has 0 radical (unpaired) electrons. The second kappa shape index (κ2) is 8.27. The van der Waals surface area contributed by atoms with Crippen LogP contribution in [-0.2, 0) is 22.4 Å². The molecule has 0 unspecified atom stereocenters. The molecule has 6 heteroatoms. The first-order valence-electron chi connectivity index (χ1n) is 8.17. The van der Waals surface area contributed by atoms with Gasteiger partial charge in [-0.2, -0.15) is 0 Å². The van der Waals surface area contributed by atoms with Gasteiger partial charge in [0.05, 0.1) is 6.61 Å². The molecule has 2 N–H and O–H groups in total. The number of carbonyl (C=O) groups is 1. The molecule has 0 saturated heterocycles. The fraction of sp³-hybridized carbons (Fsp3) is 0.316. The second-order valence-electron chi connectivity index (χ2n) is 5.82. The average Bonchev–Trinajstić information content (AvgIpc) is 3.27. The highest BCUT2D eigenvalue weighted by Gasteiger charge is 2.16. The van der Waals surface area contributed by atoms with Gasteiger partial charge in [0.15, 0.2) is 0 Å². The summed E-state index contributed by atoms with van der Waals surface area (Å²) in [6.07, 6.45) is 1.66. The first kappa shape index (κ1) is 18.3. The molecular weight excluding hydrogens is 370 g/mol. The van der Waals surface area contributed by atoms with Crippen LogP contribution < -0.4 is 5.73 Å². The molecule has 132 valence electrons. The molecule has 0 aliphatic rings. The Labute approximate surface area is 160 Å². The number of aryl methyl sites for hydroxylation is 2. The number of thiophene rings is 3. The summed E-state index contributed by atoms with van der Waals surface area (Å²) < 4.78 is 4.84. The topological polar surface area (TPSA) is 52.3 Å². The molecule has 0 fully saturated rings. The van der Waals surface area contributed by atoms with Crippen molar-refractivity contribution < 1.29 is 9.53 Å². The zero-order valence-corrected chi connectivity index (χ0v) is 16.8. The quantitative estimate of drug-likeness (QED) is 0.432. The van der Waals surface area contributed by atoms with Crippen LogP contribution in [-0.4, -0.2) is 19.6 Å². The van der Waals surface area contributed by atoms with E-state index in [4.69, 9.17) is 10.5 Å². The maximum atomic E-state index is 10.3. The summed E-state index contributed by atoms with van der Waals surface area (Å²) in [5.41, 5.74) is 8.41. The third-order valence-electron chi connectivity index (χ3n) is 4.01. The first-order valence-corrected chi connectivity index (χ1v) is 10.6. The molecule has 0 saturated carbocycles. The summed E-state index contributed by atoms with van der Waals surface area (Å²) in [6, 6.07) is 8.90. The van der Waals surface area contributed by atoms with E-state index in [1.54, 1.807) is 11.3 Å². The zero-order valence-electron chi connectivity index (χ0n) is 14.3. The van der Waals surface area contributed by atoms with Gasteiger partial charge in [0, 0.05) is 35.7 Å². The zero-order chi connectivity index (χ0) is 17.8. The van der Waals surface area contributed by atoms with Crippen molar-refractivity contribution in [1.29, 1.82) is 0 Å². The Balaban J connectivity index is 1.92. The third-order valence-corrected chi connectivity index (χ3v) is 7.65. The summed E-state index contributed by atoms with van der Waals surface area (Å²) in [4.78, 5) is 18.2. The molecule has 0 aliphatic heterocycles. The van der Waals surface area contributed by atoms with Gasteiger partial charge in [0.25, 0.3) is 6.47 Å². The molecule has 0 aliphatic carbocycles. The fourth-order valence-electron chi connectivity index (χ4n) is 2.76. The fourth-order valence-corrected chi connectivity index (χ4v) is 6.13. The van der Waals surface area contributed by atoms with Gasteiger partial charge in [-0.15, -0.1) is 34.0 Å². The van der Waals surface area contributed by atoms with Crippen LogP contribution >= 0.6 is 34.0 Å². The summed E-state index contributed by atoms with van der Waals surface area (Å²) in [5, 5.41) is 0. The highest BCUT2D eigenvalue weighted by Crippen LogP contribution is 2.43. The number of hydrogen-bond donors (Lipinski definition) is 1. The molecule has 0 bridgehead atoms. The normalized spacial score (nSPS) is 11.0. The highest BCUT2D eigenvalue weighted by atomic mass is 32.1. The van der Waals surface area contributed by atoms with Gasteiger partial charge in [0.2, 0.25) is 0 Å². The standard InChI is InChI=1S/C19H21NO2S3/c1-12-3-4-16(23-12)19-15(5-7-20)10-18(25-19)17-9-14(13(2)24-17)6-8-22-11-21/h3-4,9-11H,5-8,20H2,1-2H3. The predicted octanol–water partition coefficient (Wildman–Crippen LogP) is 5.04. The second-order valence-corrected chi connectivity index (χ2v) is 9.42. The summed E-state index contributed by atoms with van der Waals surface area (Å²) in [6.45, 7) is 5.87. The smallest absolute Gasteiger partial charge is 0.293 e. The number of hydrogen-bond acceptors (Lipinski definition) is 6. The van der Waals surface area contributed by atoms with Gasteiger partial charge in [-0.05, 0) is 62.2 Å². The van der Waals surface area contributed by atoms with E-state index in [1.807, 2.05) is 22.7 Å². The molecule has 0 atom stereocenters. The Morgan fingerprint density at radius 3 is 2.44 bits per heavy atom. The molecule has 3 nitrogen and oxygen atoms in total.